The van der Waals surface area contributed by atoms with Gasteiger partial charge in [-0.15, -0.1) is 0 Å². The molecular formula is C9H13N5. The van der Waals surface area contributed by atoms with Gasteiger partial charge in [-0.3, -0.25) is 0 Å². The van der Waals surface area contributed by atoms with Gasteiger partial charge in [0.2, 0.25) is 5.95 Å². The molecule has 0 fully saturated rings. The zero-order chi connectivity index (χ0) is 10.3. The van der Waals surface area contributed by atoms with Crippen LogP contribution in [-0.4, -0.2) is 19.6 Å². The number of nitrogens with two attached hydrogens (primary N) is 1. The maximum Gasteiger partial charge on any atom is 0.224 e. The topological polar surface area (TPSA) is 69.1 Å². The van der Waals surface area contributed by atoms with Crippen molar-refractivity contribution >= 4 is 11.6 Å². The minimum atomic E-state index is 0.0164. The van der Waals surface area contributed by atoms with E-state index in [4.69, 9.17) is 5.73 Å². The first-order valence-electron chi connectivity index (χ1n) is 4.45. The molecule has 5 heteroatoms. The predicted molar refractivity (Wildman–Crippen MR) is 53.9 cm³/mol. The van der Waals surface area contributed by atoms with Gasteiger partial charge < -0.3 is 5.73 Å². The molecule has 0 unspecified atom stereocenters. The van der Waals surface area contributed by atoms with Crippen molar-refractivity contribution < 1.29 is 0 Å². The van der Waals surface area contributed by atoms with Crippen LogP contribution >= 0.6 is 0 Å². The minimum Gasteiger partial charge on any atom is -0.368 e. The maximum absolute atomic E-state index is 5.66. The average molecular weight is 191 g/mol. The van der Waals surface area contributed by atoms with E-state index in [0.29, 0.717) is 5.95 Å². The van der Waals surface area contributed by atoms with E-state index in [1.54, 1.807) is 10.7 Å². The summed E-state index contributed by atoms with van der Waals surface area (Å²) in [4.78, 5) is 8.05. The summed E-state index contributed by atoms with van der Waals surface area (Å²) >= 11 is 0. The smallest absolute Gasteiger partial charge is 0.224 e. The van der Waals surface area contributed by atoms with Gasteiger partial charge in [0, 0.05) is 5.56 Å². The molecule has 2 rings (SSSR count). The molecule has 2 heterocycles. The van der Waals surface area contributed by atoms with Crippen LogP contribution in [0.15, 0.2) is 12.5 Å². The maximum atomic E-state index is 5.66. The Kier molecular flexibility index (Phi) is 1.70. The number of rotatable bonds is 0. The first-order chi connectivity index (χ1) is 6.50. The van der Waals surface area contributed by atoms with Gasteiger partial charge in [0.1, 0.15) is 6.33 Å². The highest BCUT2D eigenvalue weighted by Crippen LogP contribution is 2.25. The molecule has 0 saturated heterocycles. The van der Waals surface area contributed by atoms with Crippen molar-refractivity contribution in [1.29, 1.82) is 0 Å². The summed E-state index contributed by atoms with van der Waals surface area (Å²) in [7, 11) is 0. The molecule has 14 heavy (non-hydrogen) atoms. The van der Waals surface area contributed by atoms with Gasteiger partial charge in [0.25, 0.3) is 0 Å². The van der Waals surface area contributed by atoms with Crippen LogP contribution in [0.25, 0.3) is 5.65 Å². The fraction of sp³-hybridized carbons (Fsp3) is 0.444. The molecule has 0 aromatic carbocycles. The Morgan fingerprint density at radius 3 is 2.64 bits per heavy atom. The van der Waals surface area contributed by atoms with Crippen molar-refractivity contribution in [1.82, 2.24) is 19.6 Å². The van der Waals surface area contributed by atoms with E-state index in [1.165, 1.54) is 6.33 Å². The van der Waals surface area contributed by atoms with Gasteiger partial charge >= 0.3 is 0 Å². The van der Waals surface area contributed by atoms with Gasteiger partial charge in [-0.05, 0) is 5.41 Å². The standard InChI is InChI=1S/C9H13N5/c1-9(2,3)6-4-13-14-7(6)11-5-12-8(14)10/h4-5H,1-3H3,(H2,10,11,12). The molecule has 0 amide bonds. The normalized spacial score (nSPS) is 12.2. The molecule has 74 valence electrons. The molecule has 0 radical (unpaired) electrons. The van der Waals surface area contributed by atoms with Crippen LogP contribution in [0.5, 0.6) is 0 Å². The zero-order valence-corrected chi connectivity index (χ0v) is 8.52. The first kappa shape index (κ1) is 8.93. The number of anilines is 1. The number of aromatic nitrogens is 4. The average Bonchev–Trinajstić information content (AvgIpc) is 2.47. The Morgan fingerprint density at radius 1 is 1.29 bits per heavy atom. The Morgan fingerprint density at radius 2 is 2.00 bits per heavy atom. The molecule has 0 aliphatic carbocycles. The predicted octanol–water partition coefficient (Wildman–Crippen LogP) is 1.00. The third kappa shape index (κ3) is 1.21. The van der Waals surface area contributed by atoms with Crippen LogP contribution in [0.2, 0.25) is 0 Å². The first-order valence-corrected chi connectivity index (χ1v) is 4.45. The van der Waals surface area contributed by atoms with Crippen LogP contribution < -0.4 is 5.73 Å². The van der Waals surface area contributed by atoms with E-state index in [0.717, 1.165) is 11.2 Å². The second-order valence-corrected chi connectivity index (χ2v) is 4.28. The van der Waals surface area contributed by atoms with Gasteiger partial charge in [0.05, 0.1) is 6.20 Å². The van der Waals surface area contributed by atoms with Crippen molar-refractivity contribution in [3.8, 4) is 0 Å². The Balaban J connectivity index is 2.76. The summed E-state index contributed by atoms with van der Waals surface area (Å²) in [5, 5.41) is 4.15. The van der Waals surface area contributed by atoms with Gasteiger partial charge in [-0.1, -0.05) is 20.8 Å². The van der Waals surface area contributed by atoms with Crippen LogP contribution in [-0.2, 0) is 5.41 Å². The lowest BCUT2D eigenvalue weighted by molar-refractivity contribution is 0.594. The summed E-state index contributed by atoms with van der Waals surface area (Å²) in [5.74, 6) is 0.366. The Labute approximate surface area is 82.0 Å². The highest BCUT2D eigenvalue weighted by Gasteiger charge is 2.20. The third-order valence-corrected chi connectivity index (χ3v) is 2.14. The molecule has 0 spiro atoms. The summed E-state index contributed by atoms with van der Waals surface area (Å²) in [6.45, 7) is 6.34. The molecule has 5 nitrogen and oxygen atoms in total. The highest BCUT2D eigenvalue weighted by molar-refractivity contribution is 5.51. The second-order valence-electron chi connectivity index (χ2n) is 4.28. The molecule has 2 aromatic rings. The third-order valence-electron chi connectivity index (χ3n) is 2.14. The zero-order valence-electron chi connectivity index (χ0n) is 8.52. The summed E-state index contributed by atoms with van der Waals surface area (Å²) in [6, 6.07) is 0. The van der Waals surface area contributed by atoms with E-state index >= 15 is 0 Å². The largest absolute Gasteiger partial charge is 0.368 e. The van der Waals surface area contributed by atoms with Crippen molar-refractivity contribution in [2.24, 2.45) is 0 Å². The van der Waals surface area contributed by atoms with Gasteiger partial charge in [-0.25, -0.2) is 9.97 Å². The molecule has 0 atom stereocenters. The summed E-state index contributed by atoms with van der Waals surface area (Å²) in [5.41, 5.74) is 7.54. The molecule has 2 aromatic heterocycles. The van der Waals surface area contributed by atoms with E-state index in [9.17, 15) is 0 Å². The Hall–Kier alpha value is -1.65. The van der Waals surface area contributed by atoms with Crippen LogP contribution in [0.1, 0.15) is 26.3 Å². The molecule has 0 bridgehead atoms. The summed E-state index contributed by atoms with van der Waals surface area (Å²) in [6.07, 6.45) is 3.25. The molecule has 0 aliphatic heterocycles. The molecule has 2 N–H and O–H groups in total. The number of fused-ring (bicyclic) bond motifs is 1. The quantitative estimate of drug-likeness (QED) is 0.674. The second kappa shape index (κ2) is 2.67. The number of hydrogen-bond donors (Lipinski definition) is 1. The number of nitrogen functional groups attached to an aromatic ring is 1. The number of hydrogen-bond acceptors (Lipinski definition) is 4. The lowest BCUT2D eigenvalue weighted by Gasteiger charge is -2.15. The lowest BCUT2D eigenvalue weighted by atomic mass is 9.89. The van der Waals surface area contributed by atoms with Crippen LogP contribution in [0.4, 0.5) is 5.95 Å². The highest BCUT2D eigenvalue weighted by atomic mass is 15.3. The summed E-state index contributed by atoms with van der Waals surface area (Å²) < 4.78 is 1.56. The van der Waals surface area contributed by atoms with E-state index in [1.807, 2.05) is 0 Å². The Bertz CT molecular complexity index is 465. The SMILES string of the molecule is CC(C)(C)c1cnn2c(N)ncnc12. The van der Waals surface area contributed by atoms with Crippen molar-refractivity contribution in [2.75, 3.05) is 5.73 Å². The lowest BCUT2D eigenvalue weighted by Crippen LogP contribution is -2.11. The fourth-order valence-electron chi connectivity index (χ4n) is 1.36. The van der Waals surface area contributed by atoms with Crippen molar-refractivity contribution in [3.63, 3.8) is 0 Å². The fourth-order valence-corrected chi connectivity index (χ4v) is 1.36. The van der Waals surface area contributed by atoms with E-state index in [2.05, 4.69) is 35.8 Å². The van der Waals surface area contributed by atoms with Crippen LogP contribution in [0.3, 0.4) is 0 Å². The van der Waals surface area contributed by atoms with Crippen molar-refractivity contribution in [2.45, 2.75) is 26.2 Å². The molecular weight excluding hydrogens is 178 g/mol. The van der Waals surface area contributed by atoms with E-state index in [-0.39, 0.29) is 5.41 Å². The van der Waals surface area contributed by atoms with Gasteiger partial charge in [-0.2, -0.15) is 9.61 Å². The molecule has 0 aliphatic rings. The minimum absolute atomic E-state index is 0.0164. The van der Waals surface area contributed by atoms with Crippen LogP contribution in [0, 0.1) is 0 Å². The molecule has 0 saturated carbocycles. The monoisotopic (exact) mass is 191 g/mol. The van der Waals surface area contributed by atoms with Gasteiger partial charge in [0.15, 0.2) is 5.65 Å². The number of nitrogens with zero attached hydrogens (tertiary/aromatic N) is 4. The van der Waals surface area contributed by atoms with Crippen molar-refractivity contribution in [3.05, 3.63) is 18.1 Å². The van der Waals surface area contributed by atoms with E-state index < -0.39 is 0 Å².